The summed E-state index contributed by atoms with van der Waals surface area (Å²) < 4.78 is 0. The molecule has 0 aliphatic rings. The first-order chi connectivity index (χ1) is 10.2. The van der Waals surface area contributed by atoms with Crippen LogP contribution in [-0.2, 0) is 6.54 Å². The second kappa shape index (κ2) is 7.43. The van der Waals surface area contributed by atoms with Crippen LogP contribution in [0, 0.1) is 6.92 Å². The lowest BCUT2D eigenvalue weighted by molar-refractivity contribution is 0.0951. The number of benzene rings is 1. The van der Waals surface area contributed by atoms with Crippen molar-refractivity contribution in [3.05, 3.63) is 59.4 Å². The van der Waals surface area contributed by atoms with Crippen LogP contribution in [0.25, 0.3) is 0 Å². The Kier molecular flexibility index (Phi) is 5.32. The third-order valence-electron chi connectivity index (χ3n) is 3.14. The number of nitrogens with zero attached hydrogens (tertiary/aromatic N) is 1. The molecule has 0 saturated heterocycles. The standard InChI is InChI=1S/C17H21N3O/c1-3-9-19-16-8-7-13(2)11-15(16)17(21)20-12-14-6-4-5-10-18-14/h4-8,10-11,19H,3,9,12H2,1-2H3,(H,20,21). The topological polar surface area (TPSA) is 54.0 Å². The highest BCUT2D eigenvalue weighted by Crippen LogP contribution is 2.17. The Hall–Kier alpha value is -2.36. The Morgan fingerprint density at radius 1 is 1.24 bits per heavy atom. The molecule has 110 valence electrons. The van der Waals surface area contributed by atoms with Crippen LogP contribution in [0.1, 0.15) is 35.0 Å². The van der Waals surface area contributed by atoms with Crippen LogP contribution in [0.5, 0.6) is 0 Å². The van der Waals surface area contributed by atoms with Crippen molar-refractivity contribution in [2.75, 3.05) is 11.9 Å². The number of carbonyl (C=O) groups excluding carboxylic acids is 1. The molecule has 0 aliphatic carbocycles. The molecule has 0 bridgehead atoms. The third kappa shape index (κ3) is 4.31. The van der Waals surface area contributed by atoms with Gasteiger partial charge in [-0.2, -0.15) is 0 Å². The van der Waals surface area contributed by atoms with Gasteiger partial charge in [-0.05, 0) is 37.6 Å². The van der Waals surface area contributed by atoms with Gasteiger partial charge in [0.1, 0.15) is 0 Å². The van der Waals surface area contributed by atoms with E-state index in [1.807, 2.05) is 43.3 Å². The first kappa shape index (κ1) is 15.0. The number of hydrogen-bond acceptors (Lipinski definition) is 3. The molecule has 2 rings (SSSR count). The van der Waals surface area contributed by atoms with Crippen LogP contribution in [0.15, 0.2) is 42.6 Å². The van der Waals surface area contributed by atoms with E-state index >= 15 is 0 Å². The summed E-state index contributed by atoms with van der Waals surface area (Å²) >= 11 is 0. The summed E-state index contributed by atoms with van der Waals surface area (Å²) in [6.45, 7) is 5.37. The Morgan fingerprint density at radius 3 is 2.81 bits per heavy atom. The molecule has 0 spiro atoms. The van der Waals surface area contributed by atoms with Gasteiger partial charge in [0.2, 0.25) is 0 Å². The molecule has 4 nitrogen and oxygen atoms in total. The average Bonchev–Trinajstić information content (AvgIpc) is 2.52. The molecule has 0 saturated carbocycles. The largest absolute Gasteiger partial charge is 0.384 e. The quantitative estimate of drug-likeness (QED) is 0.856. The number of anilines is 1. The fraction of sp³-hybridized carbons (Fsp3) is 0.294. The van der Waals surface area contributed by atoms with Crippen LogP contribution < -0.4 is 10.6 Å². The number of rotatable bonds is 6. The van der Waals surface area contributed by atoms with Gasteiger partial charge >= 0.3 is 0 Å². The van der Waals surface area contributed by atoms with Gasteiger partial charge in [-0.25, -0.2) is 0 Å². The Balaban J connectivity index is 2.08. The van der Waals surface area contributed by atoms with E-state index in [4.69, 9.17) is 0 Å². The van der Waals surface area contributed by atoms with Gasteiger partial charge in [0, 0.05) is 18.4 Å². The minimum Gasteiger partial charge on any atom is -0.384 e. The van der Waals surface area contributed by atoms with Gasteiger partial charge < -0.3 is 10.6 Å². The molecule has 21 heavy (non-hydrogen) atoms. The molecule has 1 aromatic heterocycles. The first-order valence-electron chi connectivity index (χ1n) is 7.23. The summed E-state index contributed by atoms with van der Waals surface area (Å²) in [5.74, 6) is -0.0806. The summed E-state index contributed by atoms with van der Waals surface area (Å²) in [4.78, 5) is 16.6. The van der Waals surface area contributed by atoms with Gasteiger partial charge in [-0.15, -0.1) is 0 Å². The highest BCUT2D eigenvalue weighted by Gasteiger charge is 2.11. The average molecular weight is 283 g/mol. The smallest absolute Gasteiger partial charge is 0.253 e. The fourth-order valence-corrected chi connectivity index (χ4v) is 2.03. The second-order valence-electron chi connectivity index (χ2n) is 4.98. The predicted molar refractivity (Wildman–Crippen MR) is 85.4 cm³/mol. The van der Waals surface area contributed by atoms with Crippen molar-refractivity contribution in [2.24, 2.45) is 0 Å². The normalized spacial score (nSPS) is 10.2. The van der Waals surface area contributed by atoms with Crippen LogP contribution in [-0.4, -0.2) is 17.4 Å². The van der Waals surface area contributed by atoms with Crippen LogP contribution >= 0.6 is 0 Å². The van der Waals surface area contributed by atoms with E-state index in [1.165, 1.54) is 0 Å². The van der Waals surface area contributed by atoms with Crippen LogP contribution in [0.3, 0.4) is 0 Å². The van der Waals surface area contributed by atoms with E-state index in [9.17, 15) is 4.79 Å². The van der Waals surface area contributed by atoms with Crippen molar-refractivity contribution < 1.29 is 4.79 Å². The number of carbonyl (C=O) groups is 1. The summed E-state index contributed by atoms with van der Waals surface area (Å²) in [5.41, 5.74) is 3.47. The van der Waals surface area contributed by atoms with Crippen molar-refractivity contribution in [1.29, 1.82) is 0 Å². The molecular weight excluding hydrogens is 262 g/mol. The molecule has 2 N–H and O–H groups in total. The Bertz CT molecular complexity index is 596. The predicted octanol–water partition coefficient (Wildman–Crippen LogP) is 3.14. The van der Waals surface area contributed by atoms with Crippen molar-refractivity contribution in [2.45, 2.75) is 26.8 Å². The number of nitrogens with one attached hydrogen (secondary N) is 2. The number of amides is 1. The molecule has 0 radical (unpaired) electrons. The molecule has 0 aliphatic heterocycles. The molecule has 1 amide bonds. The first-order valence-corrected chi connectivity index (χ1v) is 7.23. The number of pyridine rings is 1. The lowest BCUT2D eigenvalue weighted by Crippen LogP contribution is -2.24. The van der Waals surface area contributed by atoms with Crippen molar-refractivity contribution in [1.82, 2.24) is 10.3 Å². The van der Waals surface area contributed by atoms with Gasteiger partial charge in [0.15, 0.2) is 0 Å². The van der Waals surface area contributed by atoms with Gasteiger partial charge in [0.05, 0.1) is 17.8 Å². The molecule has 0 atom stereocenters. The zero-order valence-electron chi connectivity index (χ0n) is 12.5. The zero-order chi connectivity index (χ0) is 15.1. The summed E-state index contributed by atoms with van der Waals surface area (Å²) in [6.07, 6.45) is 2.74. The number of aryl methyl sites for hydroxylation is 1. The fourth-order valence-electron chi connectivity index (χ4n) is 2.03. The van der Waals surface area contributed by atoms with E-state index < -0.39 is 0 Å². The Morgan fingerprint density at radius 2 is 2.10 bits per heavy atom. The minimum absolute atomic E-state index is 0.0806. The summed E-state index contributed by atoms with van der Waals surface area (Å²) in [5, 5.41) is 6.21. The van der Waals surface area contributed by atoms with E-state index in [1.54, 1.807) is 6.20 Å². The molecular formula is C17H21N3O. The molecule has 4 heteroatoms. The van der Waals surface area contributed by atoms with Gasteiger partial charge in [0.25, 0.3) is 5.91 Å². The monoisotopic (exact) mass is 283 g/mol. The molecule has 0 fully saturated rings. The van der Waals surface area contributed by atoms with E-state index in [2.05, 4.69) is 22.5 Å². The van der Waals surface area contributed by atoms with E-state index in [0.29, 0.717) is 12.1 Å². The molecule has 0 unspecified atom stereocenters. The summed E-state index contributed by atoms with van der Waals surface area (Å²) in [6, 6.07) is 11.5. The van der Waals surface area contributed by atoms with E-state index in [-0.39, 0.29) is 5.91 Å². The van der Waals surface area contributed by atoms with Gasteiger partial charge in [-0.3, -0.25) is 9.78 Å². The highest BCUT2D eigenvalue weighted by atomic mass is 16.1. The minimum atomic E-state index is -0.0806. The maximum Gasteiger partial charge on any atom is 0.253 e. The van der Waals surface area contributed by atoms with Gasteiger partial charge in [-0.1, -0.05) is 24.6 Å². The lowest BCUT2D eigenvalue weighted by Gasteiger charge is -2.12. The number of aromatic nitrogens is 1. The van der Waals surface area contributed by atoms with Crippen molar-refractivity contribution >= 4 is 11.6 Å². The zero-order valence-corrected chi connectivity index (χ0v) is 12.5. The van der Waals surface area contributed by atoms with E-state index in [0.717, 1.165) is 29.9 Å². The lowest BCUT2D eigenvalue weighted by atomic mass is 10.1. The maximum atomic E-state index is 12.4. The third-order valence-corrected chi connectivity index (χ3v) is 3.14. The Labute approximate surface area is 125 Å². The second-order valence-corrected chi connectivity index (χ2v) is 4.98. The highest BCUT2D eigenvalue weighted by molar-refractivity contribution is 5.99. The number of hydrogen-bond donors (Lipinski definition) is 2. The van der Waals surface area contributed by atoms with Crippen LogP contribution in [0.2, 0.25) is 0 Å². The molecule has 2 aromatic rings. The summed E-state index contributed by atoms with van der Waals surface area (Å²) in [7, 11) is 0. The SMILES string of the molecule is CCCNc1ccc(C)cc1C(=O)NCc1ccccn1. The van der Waals surface area contributed by atoms with Crippen molar-refractivity contribution in [3.8, 4) is 0 Å². The van der Waals surface area contributed by atoms with Crippen molar-refractivity contribution in [3.63, 3.8) is 0 Å². The van der Waals surface area contributed by atoms with Crippen LogP contribution in [0.4, 0.5) is 5.69 Å². The molecule has 1 aromatic carbocycles. The molecule has 1 heterocycles. The maximum absolute atomic E-state index is 12.4.